The summed E-state index contributed by atoms with van der Waals surface area (Å²) < 4.78 is 0. The van der Waals surface area contributed by atoms with Crippen molar-refractivity contribution in [1.82, 2.24) is 4.90 Å². The van der Waals surface area contributed by atoms with E-state index in [1.165, 1.54) is 11.1 Å². The molecule has 2 nitrogen and oxygen atoms in total. The molecular weight excluding hydrogens is 210 g/mol. The predicted octanol–water partition coefficient (Wildman–Crippen LogP) is 3.19. The Labute approximate surface area is 105 Å². The molecule has 0 aliphatic heterocycles. The van der Waals surface area contributed by atoms with Crippen molar-refractivity contribution >= 4 is 5.78 Å². The Bertz CT molecular complexity index is 360. The topological polar surface area (TPSA) is 20.3 Å². The highest BCUT2D eigenvalue weighted by molar-refractivity contribution is 5.77. The van der Waals surface area contributed by atoms with E-state index in [-0.39, 0.29) is 0 Å². The summed E-state index contributed by atoms with van der Waals surface area (Å²) in [4.78, 5) is 13.5. The molecule has 0 unspecified atom stereocenters. The van der Waals surface area contributed by atoms with Crippen molar-refractivity contribution in [2.24, 2.45) is 0 Å². The Balaban J connectivity index is 2.32. The van der Waals surface area contributed by atoms with Gasteiger partial charge in [-0.1, -0.05) is 31.2 Å². The first-order chi connectivity index (χ1) is 8.13. The second-order valence-corrected chi connectivity index (χ2v) is 4.66. The number of nitrogens with zero attached hydrogens (tertiary/aromatic N) is 1. The quantitative estimate of drug-likeness (QED) is 0.721. The summed E-state index contributed by atoms with van der Waals surface area (Å²) in [6, 6.07) is 8.46. The molecule has 0 radical (unpaired) electrons. The summed E-state index contributed by atoms with van der Waals surface area (Å²) in [5.74, 6) is 0.370. The molecule has 0 atom stereocenters. The van der Waals surface area contributed by atoms with E-state index in [9.17, 15) is 4.79 Å². The van der Waals surface area contributed by atoms with Crippen molar-refractivity contribution in [2.45, 2.75) is 39.7 Å². The highest BCUT2D eigenvalue weighted by Gasteiger charge is 2.04. The SMILES string of the molecule is CCC(=O)CCCN(C)Cc1ccccc1C. The monoisotopic (exact) mass is 233 g/mol. The van der Waals surface area contributed by atoms with Crippen molar-refractivity contribution < 1.29 is 4.79 Å². The van der Waals surface area contributed by atoms with Crippen LogP contribution in [0.5, 0.6) is 0 Å². The van der Waals surface area contributed by atoms with Crippen LogP contribution >= 0.6 is 0 Å². The number of Topliss-reactive ketones (excluding diaryl/α,β-unsaturated/α-hetero) is 1. The number of carbonyl (C=O) groups is 1. The molecule has 0 saturated heterocycles. The third-order valence-corrected chi connectivity index (χ3v) is 3.09. The normalized spacial score (nSPS) is 10.8. The van der Waals surface area contributed by atoms with Crippen molar-refractivity contribution in [3.8, 4) is 0 Å². The first-order valence-electron chi connectivity index (χ1n) is 6.38. The number of rotatable bonds is 7. The molecule has 0 amide bonds. The highest BCUT2D eigenvalue weighted by Crippen LogP contribution is 2.10. The fourth-order valence-electron chi connectivity index (χ4n) is 1.88. The molecule has 0 aliphatic rings. The van der Waals surface area contributed by atoms with Crippen molar-refractivity contribution in [3.05, 3.63) is 35.4 Å². The van der Waals surface area contributed by atoms with Gasteiger partial charge in [0, 0.05) is 19.4 Å². The van der Waals surface area contributed by atoms with Gasteiger partial charge in [-0.2, -0.15) is 0 Å². The number of benzene rings is 1. The van der Waals surface area contributed by atoms with E-state index in [1.54, 1.807) is 0 Å². The first-order valence-corrected chi connectivity index (χ1v) is 6.38. The third kappa shape index (κ3) is 5.14. The fourth-order valence-corrected chi connectivity index (χ4v) is 1.88. The molecule has 0 spiro atoms. The lowest BCUT2D eigenvalue weighted by Gasteiger charge is -2.17. The third-order valence-electron chi connectivity index (χ3n) is 3.09. The molecule has 1 rings (SSSR count). The Hall–Kier alpha value is -1.15. The van der Waals surface area contributed by atoms with E-state index in [2.05, 4.69) is 43.1 Å². The van der Waals surface area contributed by atoms with E-state index < -0.39 is 0 Å². The molecule has 0 fully saturated rings. The van der Waals surface area contributed by atoms with Gasteiger partial charge in [0.05, 0.1) is 0 Å². The molecule has 0 heterocycles. The van der Waals surface area contributed by atoms with Crippen molar-refractivity contribution in [1.29, 1.82) is 0 Å². The van der Waals surface area contributed by atoms with Gasteiger partial charge in [0.25, 0.3) is 0 Å². The standard InChI is InChI=1S/C15H23NO/c1-4-15(17)10-7-11-16(3)12-14-9-6-5-8-13(14)2/h5-6,8-9H,4,7,10-12H2,1-3H3. The predicted molar refractivity (Wildman–Crippen MR) is 72.0 cm³/mol. The minimum absolute atomic E-state index is 0.370. The lowest BCUT2D eigenvalue weighted by molar-refractivity contribution is -0.118. The average Bonchev–Trinajstić information content (AvgIpc) is 2.32. The van der Waals surface area contributed by atoms with E-state index in [0.717, 1.165) is 19.5 Å². The first kappa shape index (κ1) is 13.9. The molecular formula is C15H23NO. The lowest BCUT2D eigenvalue weighted by atomic mass is 10.1. The van der Waals surface area contributed by atoms with Crippen LogP contribution in [0.2, 0.25) is 0 Å². The number of carbonyl (C=O) groups excluding carboxylic acids is 1. The molecule has 2 heteroatoms. The van der Waals surface area contributed by atoms with Crippen molar-refractivity contribution in [2.75, 3.05) is 13.6 Å². The summed E-state index contributed by atoms with van der Waals surface area (Å²) >= 11 is 0. The van der Waals surface area contributed by atoms with Crippen LogP contribution in [0.3, 0.4) is 0 Å². The van der Waals surface area contributed by atoms with E-state index >= 15 is 0 Å². The maximum Gasteiger partial charge on any atom is 0.132 e. The lowest BCUT2D eigenvalue weighted by Crippen LogP contribution is -2.20. The average molecular weight is 233 g/mol. The summed E-state index contributed by atoms with van der Waals surface area (Å²) in [5.41, 5.74) is 2.71. The fraction of sp³-hybridized carbons (Fsp3) is 0.533. The molecule has 0 N–H and O–H groups in total. The Kier molecular flexibility index (Phi) is 5.92. The highest BCUT2D eigenvalue weighted by atomic mass is 16.1. The van der Waals surface area contributed by atoms with Crippen LogP contribution in [0.4, 0.5) is 0 Å². The molecule has 1 aromatic rings. The Morgan fingerprint density at radius 2 is 2.00 bits per heavy atom. The van der Waals surface area contributed by atoms with Crippen LogP contribution in [0.25, 0.3) is 0 Å². The summed E-state index contributed by atoms with van der Waals surface area (Å²) in [7, 11) is 2.11. The second-order valence-electron chi connectivity index (χ2n) is 4.66. The maximum atomic E-state index is 11.2. The summed E-state index contributed by atoms with van der Waals surface area (Å²) in [6.45, 7) is 6.02. The summed E-state index contributed by atoms with van der Waals surface area (Å²) in [5, 5.41) is 0. The number of hydrogen-bond acceptors (Lipinski definition) is 2. The van der Waals surface area contributed by atoms with Gasteiger partial charge in [0.2, 0.25) is 0 Å². The molecule has 94 valence electrons. The van der Waals surface area contributed by atoms with Gasteiger partial charge in [0.1, 0.15) is 5.78 Å². The van der Waals surface area contributed by atoms with Gasteiger partial charge in [-0.25, -0.2) is 0 Å². The Morgan fingerprint density at radius 1 is 1.29 bits per heavy atom. The van der Waals surface area contributed by atoms with Gasteiger partial charge in [-0.3, -0.25) is 4.79 Å². The molecule has 0 aromatic heterocycles. The van der Waals surface area contributed by atoms with Gasteiger partial charge < -0.3 is 4.90 Å². The minimum atomic E-state index is 0.370. The molecule has 0 saturated carbocycles. The van der Waals surface area contributed by atoms with Gasteiger partial charge >= 0.3 is 0 Å². The zero-order valence-electron chi connectivity index (χ0n) is 11.2. The maximum absolute atomic E-state index is 11.2. The zero-order chi connectivity index (χ0) is 12.7. The molecule has 0 bridgehead atoms. The van der Waals surface area contributed by atoms with Gasteiger partial charge in [-0.05, 0) is 38.1 Å². The minimum Gasteiger partial charge on any atom is -0.302 e. The van der Waals surface area contributed by atoms with Crippen LogP contribution in [-0.4, -0.2) is 24.3 Å². The smallest absolute Gasteiger partial charge is 0.132 e. The second kappa shape index (κ2) is 7.23. The molecule has 17 heavy (non-hydrogen) atoms. The van der Waals surface area contributed by atoms with Crippen LogP contribution in [0.15, 0.2) is 24.3 Å². The van der Waals surface area contributed by atoms with Gasteiger partial charge in [0.15, 0.2) is 0 Å². The summed E-state index contributed by atoms with van der Waals surface area (Å²) in [6.07, 6.45) is 2.35. The largest absolute Gasteiger partial charge is 0.302 e. The van der Waals surface area contributed by atoms with Crippen LogP contribution in [-0.2, 0) is 11.3 Å². The zero-order valence-corrected chi connectivity index (χ0v) is 11.2. The number of hydrogen-bond donors (Lipinski definition) is 0. The molecule has 0 aliphatic carbocycles. The van der Waals surface area contributed by atoms with Crippen molar-refractivity contribution in [3.63, 3.8) is 0 Å². The molecule has 1 aromatic carbocycles. The van der Waals surface area contributed by atoms with Crippen LogP contribution in [0, 0.1) is 6.92 Å². The van der Waals surface area contributed by atoms with Crippen LogP contribution in [0.1, 0.15) is 37.3 Å². The van der Waals surface area contributed by atoms with Gasteiger partial charge in [-0.15, -0.1) is 0 Å². The number of ketones is 1. The Morgan fingerprint density at radius 3 is 2.65 bits per heavy atom. The number of aryl methyl sites for hydroxylation is 1. The van der Waals surface area contributed by atoms with E-state index in [1.807, 2.05) is 6.92 Å². The van der Waals surface area contributed by atoms with E-state index in [4.69, 9.17) is 0 Å². The van der Waals surface area contributed by atoms with Crippen LogP contribution < -0.4 is 0 Å². The van der Waals surface area contributed by atoms with E-state index in [0.29, 0.717) is 18.6 Å².